The van der Waals surface area contributed by atoms with Crippen LogP contribution in [0.5, 0.6) is 0 Å². The van der Waals surface area contributed by atoms with Crippen LogP contribution >= 0.6 is 0 Å². The van der Waals surface area contributed by atoms with E-state index in [1.165, 1.54) is 16.8 Å². The summed E-state index contributed by atoms with van der Waals surface area (Å²) in [5.74, 6) is -1.61. The molecule has 6 nitrogen and oxygen atoms in total. The number of imidazole rings is 2. The third-order valence-corrected chi connectivity index (χ3v) is 4.91. The first-order valence-corrected chi connectivity index (χ1v) is 9.37. The van der Waals surface area contributed by atoms with Crippen LogP contribution in [0.2, 0.25) is 0 Å². The van der Waals surface area contributed by atoms with E-state index in [-0.39, 0.29) is 0 Å². The van der Waals surface area contributed by atoms with Crippen LogP contribution in [-0.4, -0.2) is 32.2 Å². The summed E-state index contributed by atoms with van der Waals surface area (Å²) < 4.78 is 34.2. The summed E-state index contributed by atoms with van der Waals surface area (Å²) >= 11 is 0. The molecular weight excluding hydrogens is 409 g/mol. The van der Waals surface area contributed by atoms with E-state index >= 15 is 0 Å². The fourth-order valence-electron chi connectivity index (χ4n) is 3.63. The second kappa shape index (κ2) is 7.42. The number of hydrogen-bond donors (Lipinski definition) is 2. The number of aromatic amines is 2. The molecule has 31 heavy (non-hydrogen) atoms. The summed E-state index contributed by atoms with van der Waals surface area (Å²) in [6, 6.07) is 18.7. The summed E-state index contributed by atoms with van der Waals surface area (Å²) in [5.41, 5.74) is 8.97. The summed E-state index contributed by atoms with van der Waals surface area (Å²) in [6.07, 6.45) is -4.97. The zero-order valence-electron chi connectivity index (χ0n) is 16.6. The second-order valence-corrected chi connectivity index (χ2v) is 7.10. The molecule has 3 aromatic heterocycles. The Morgan fingerprint density at radius 2 is 1.61 bits per heavy atom. The van der Waals surface area contributed by atoms with Crippen molar-refractivity contribution in [3.05, 3.63) is 65.9 Å². The minimum Gasteiger partial charge on any atom is -0.558 e. The Kier molecular flexibility index (Phi) is 4.88. The number of fused-ring (bicyclic) bond motifs is 4. The Bertz CT molecular complexity index is 1400. The summed E-state index contributed by atoms with van der Waals surface area (Å²) in [6.45, 7) is 4.28. The first-order chi connectivity index (χ1) is 14.7. The smallest absolute Gasteiger partial charge is 0.558 e. The number of aryl methyl sites for hydroxylation is 2. The zero-order valence-corrected chi connectivity index (χ0v) is 16.6. The molecule has 0 fully saturated rings. The van der Waals surface area contributed by atoms with Crippen molar-refractivity contribution in [2.75, 3.05) is 0 Å². The van der Waals surface area contributed by atoms with E-state index < -0.39 is 12.1 Å². The Balaban J connectivity index is 0.000000289. The van der Waals surface area contributed by atoms with Gasteiger partial charge in [-0.05, 0) is 49.7 Å². The lowest BCUT2D eigenvalue weighted by Crippen LogP contribution is -2.25. The van der Waals surface area contributed by atoms with Crippen LogP contribution in [0, 0.1) is 13.8 Å². The molecule has 9 heteroatoms. The molecule has 0 unspecified atom stereocenters. The summed E-state index contributed by atoms with van der Waals surface area (Å²) in [5, 5.41) is 5.47. The number of rotatable bonds is 1. The van der Waals surface area contributed by atoms with Gasteiger partial charge < -0.3 is 10.1 Å². The van der Waals surface area contributed by atoms with Gasteiger partial charge >= 0.3 is 12.1 Å². The van der Waals surface area contributed by atoms with Gasteiger partial charge in [0.25, 0.3) is 5.65 Å². The highest BCUT2D eigenvalue weighted by atomic mass is 19.4. The maximum absolute atomic E-state index is 10.6. The van der Waals surface area contributed by atoms with Crippen molar-refractivity contribution < 1.29 is 27.5 Å². The van der Waals surface area contributed by atoms with Crippen LogP contribution in [0.1, 0.15) is 11.3 Å². The number of nitrogens with zero attached hydrogens (tertiary/aromatic N) is 2. The quantitative estimate of drug-likeness (QED) is 0.314. The van der Waals surface area contributed by atoms with E-state index in [1.54, 1.807) is 0 Å². The molecule has 0 amide bonds. The number of nitrogens with one attached hydrogen (secondary N) is 2. The average Bonchev–Trinajstić information content (AvgIpc) is 3.29. The number of alkyl halides is 3. The van der Waals surface area contributed by atoms with Crippen molar-refractivity contribution in [1.29, 1.82) is 0 Å². The molecule has 5 rings (SSSR count). The van der Waals surface area contributed by atoms with Crippen molar-refractivity contribution in [2.45, 2.75) is 20.0 Å². The van der Waals surface area contributed by atoms with E-state index in [4.69, 9.17) is 14.9 Å². The SMILES string of the molecule is Cc1cc(C)[n+]2c([nH]c3ccccc32)c1-c1nc2ccccc2[nH]1.O=C([OH2+])C(F)(F)F. The Hall–Kier alpha value is -3.88. The van der Waals surface area contributed by atoms with Gasteiger partial charge in [0.2, 0.25) is 0 Å². The summed E-state index contributed by atoms with van der Waals surface area (Å²) in [4.78, 5) is 20.9. The lowest BCUT2D eigenvalue weighted by Gasteiger charge is -2.03. The summed E-state index contributed by atoms with van der Waals surface area (Å²) in [7, 11) is 0. The number of aromatic nitrogens is 4. The molecular formula is C22H19F3N4O2+2. The van der Waals surface area contributed by atoms with Gasteiger partial charge in [-0.3, -0.25) is 0 Å². The number of carbonyl (C=O) groups is 1. The lowest BCUT2D eigenvalue weighted by atomic mass is 10.1. The van der Waals surface area contributed by atoms with Gasteiger partial charge in [0.05, 0.1) is 15.8 Å². The Labute approximate surface area is 174 Å². The molecule has 0 aliphatic heterocycles. The highest BCUT2D eigenvalue weighted by molar-refractivity contribution is 5.86. The molecule has 0 saturated heterocycles. The molecule has 5 aromatic rings. The van der Waals surface area contributed by atoms with Crippen molar-refractivity contribution >= 4 is 33.7 Å². The minimum absolute atomic E-state index is 0.901. The van der Waals surface area contributed by atoms with Crippen molar-refractivity contribution in [1.82, 2.24) is 15.0 Å². The number of halogens is 3. The molecule has 0 atom stereocenters. The van der Waals surface area contributed by atoms with Gasteiger partial charge in [0, 0.05) is 0 Å². The molecule has 0 radical (unpaired) electrons. The Morgan fingerprint density at radius 1 is 1.00 bits per heavy atom. The molecule has 0 bridgehead atoms. The van der Waals surface area contributed by atoms with Crippen LogP contribution in [0.3, 0.4) is 0 Å². The van der Waals surface area contributed by atoms with Crippen LogP contribution in [0.4, 0.5) is 13.2 Å². The molecule has 0 spiro atoms. The number of pyridine rings is 1. The number of hydrogen-bond acceptors (Lipinski definition) is 2. The third-order valence-electron chi connectivity index (χ3n) is 4.91. The predicted octanol–water partition coefficient (Wildman–Crippen LogP) is 3.87. The van der Waals surface area contributed by atoms with Crippen molar-refractivity contribution in [2.24, 2.45) is 0 Å². The van der Waals surface area contributed by atoms with E-state index in [0.29, 0.717) is 0 Å². The average molecular weight is 428 g/mol. The molecule has 0 saturated carbocycles. The van der Waals surface area contributed by atoms with Crippen LogP contribution in [-0.2, 0) is 4.79 Å². The van der Waals surface area contributed by atoms with Gasteiger partial charge in [-0.15, -0.1) is 0 Å². The number of carbonyl (C=O) groups excluding carboxylic acids is 1. The fourth-order valence-corrected chi connectivity index (χ4v) is 3.63. The van der Waals surface area contributed by atoms with E-state index in [9.17, 15) is 13.2 Å². The van der Waals surface area contributed by atoms with Gasteiger partial charge in [-0.25, -0.2) is 9.97 Å². The Morgan fingerprint density at radius 3 is 2.26 bits per heavy atom. The normalized spacial score (nSPS) is 11.6. The highest BCUT2D eigenvalue weighted by Crippen LogP contribution is 2.28. The lowest BCUT2D eigenvalue weighted by molar-refractivity contribution is -0.488. The number of H-pyrrole nitrogens is 2. The first kappa shape index (κ1) is 20.4. The molecule has 158 valence electrons. The molecule has 0 aliphatic carbocycles. The van der Waals surface area contributed by atoms with Gasteiger partial charge in [0.1, 0.15) is 17.1 Å². The standard InChI is InChI=1S/C20H16N4.C2HF3O2/c1-12-11-13(2)24-17-10-6-5-9-16(17)23-20(24)18(12)19-21-14-7-3-4-8-15(14)22-19;3-2(4,5)1(6)7/h3-11H,1-2H3,(H,21,22);(H,6,7)/p+2. The topological polar surface area (TPSA) is 88.5 Å². The maximum atomic E-state index is 10.6. The second-order valence-electron chi connectivity index (χ2n) is 7.10. The van der Waals surface area contributed by atoms with Crippen LogP contribution in [0.15, 0.2) is 54.6 Å². The van der Waals surface area contributed by atoms with Gasteiger partial charge in [0.15, 0.2) is 11.0 Å². The minimum atomic E-state index is -4.97. The fraction of sp³-hybridized carbons (Fsp3) is 0.136. The third kappa shape index (κ3) is 3.70. The van der Waals surface area contributed by atoms with E-state index in [0.717, 1.165) is 33.6 Å². The van der Waals surface area contributed by atoms with Gasteiger partial charge in [-0.1, -0.05) is 24.3 Å². The van der Waals surface area contributed by atoms with Crippen molar-refractivity contribution in [3.8, 4) is 11.4 Å². The zero-order chi connectivity index (χ0) is 22.3. The highest BCUT2D eigenvalue weighted by Gasteiger charge is 2.47. The molecule has 2 aromatic carbocycles. The van der Waals surface area contributed by atoms with Crippen LogP contribution < -0.4 is 4.40 Å². The van der Waals surface area contributed by atoms with Crippen molar-refractivity contribution in [3.63, 3.8) is 0 Å². The number of para-hydroxylation sites is 4. The van der Waals surface area contributed by atoms with Crippen LogP contribution in [0.25, 0.3) is 39.1 Å². The van der Waals surface area contributed by atoms with Gasteiger partial charge in [-0.2, -0.15) is 17.6 Å². The predicted molar refractivity (Wildman–Crippen MR) is 111 cm³/mol. The monoisotopic (exact) mass is 428 g/mol. The molecule has 3 heterocycles. The first-order valence-electron chi connectivity index (χ1n) is 9.37. The van der Waals surface area contributed by atoms with E-state index in [1.807, 2.05) is 18.2 Å². The van der Waals surface area contributed by atoms with E-state index in [2.05, 4.69) is 64.6 Å². The maximum Gasteiger partial charge on any atom is 0.623 e. The largest absolute Gasteiger partial charge is 0.623 e. The molecule has 0 aliphatic rings. The number of benzene rings is 2. The molecule has 4 N–H and O–H groups in total.